The van der Waals surface area contributed by atoms with Gasteiger partial charge in [-0.25, -0.2) is 0 Å². The topological polar surface area (TPSA) is 12.0 Å². The van der Waals surface area contributed by atoms with Crippen molar-refractivity contribution < 1.29 is 0 Å². The molecular weight excluding hydrogens is 206 g/mol. The minimum atomic E-state index is 0.736. The molecule has 1 unspecified atom stereocenters. The van der Waals surface area contributed by atoms with Gasteiger partial charge in [0, 0.05) is 12.6 Å². The van der Waals surface area contributed by atoms with Gasteiger partial charge in [0.2, 0.25) is 0 Å². The molecule has 0 aromatic heterocycles. The molecule has 1 heteroatoms. The molecule has 98 valence electrons. The lowest BCUT2D eigenvalue weighted by Gasteiger charge is -2.53. The molecule has 1 spiro atoms. The highest BCUT2D eigenvalue weighted by molar-refractivity contribution is 5.04. The van der Waals surface area contributed by atoms with Crippen LogP contribution in [0.4, 0.5) is 0 Å². The fourth-order valence-corrected chi connectivity index (χ4v) is 4.43. The van der Waals surface area contributed by atoms with Gasteiger partial charge in [-0.05, 0) is 55.8 Å². The molecule has 0 radical (unpaired) electrons. The molecule has 0 aliphatic heterocycles. The lowest BCUT2D eigenvalue weighted by Crippen LogP contribution is -2.55. The third-order valence-electron chi connectivity index (χ3n) is 5.98. The zero-order valence-electron chi connectivity index (χ0n) is 11.6. The Hall–Kier alpha value is -0.0400. The molecule has 3 rings (SSSR count). The Morgan fingerprint density at radius 2 is 1.76 bits per heavy atom. The van der Waals surface area contributed by atoms with Crippen LogP contribution in [0.5, 0.6) is 0 Å². The van der Waals surface area contributed by atoms with E-state index in [1.807, 2.05) is 0 Å². The molecule has 0 bridgehead atoms. The minimum absolute atomic E-state index is 0.736. The monoisotopic (exact) mass is 235 g/mol. The van der Waals surface area contributed by atoms with E-state index in [1.54, 1.807) is 0 Å². The third kappa shape index (κ3) is 2.28. The summed E-state index contributed by atoms with van der Waals surface area (Å²) in [7, 11) is 0. The van der Waals surface area contributed by atoms with Gasteiger partial charge in [0.15, 0.2) is 0 Å². The number of hydrogen-bond acceptors (Lipinski definition) is 1. The summed E-state index contributed by atoms with van der Waals surface area (Å²) >= 11 is 0. The summed E-state index contributed by atoms with van der Waals surface area (Å²) in [5.41, 5.74) is 1.49. The van der Waals surface area contributed by atoms with Gasteiger partial charge in [-0.1, -0.05) is 32.6 Å². The Bertz CT molecular complexity index is 261. The molecule has 3 saturated carbocycles. The van der Waals surface area contributed by atoms with Gasteiger partial charge in [0.25, 0.3) is 0 Å². The molecule has 0 saturated heterocycles. The highest BCUT2D eigenvalue weighted by Crippen LogP contribution is 2.53. The quantitative estimate of drug-likeness (QED) is 0.750. The maximum absolute atomic E-state index is 3.97. The first kappa shape index (κ1) is 12.0. The van der Waals surface area contributed by atoms with Crippen molar-refractivity contribution in [2.45, 2.75) is 83.6 Å². The van der Waals surface area contributed by atoms with Crippen LogP contribution in [0.15, 0.2) is 0 Å². The predicted molar refractivity (Wildman–Crippen MR) is 73.1 cm³/mol. The summed E-state index contributed by atoms with van der Waals surface area (Å²) in [6.45, 7) is 3.67. The first-order valence-electron chi connectivity index (χ1n) is 8.02. The Kier molecular flexibility index (Phi) is 3.23. The fraction of sp³-hybridized carbons (Fsp3) is 1.00. The molecule has 3 aliphatic carbocycles. The van der Waals surface area contributed by atoms with Gasteiger partial charge in [-0.3, -0.25) is 0 Å². The second-order valence-corrected chi connectivity index (χ2v) is 7.15. The second kappa shape index (κ2) is 4.57. The van der Waals surface area contributed by atoms with Gasteiger partial charge in [-0.15, -0.1) is 0 Å². The molecule has 1 nitrogen and oxygen atoms in total. The normalized spacial score (nSPS) is 33.4. The highest BCUT2D eigenvalue weighted by Gasteiger charge is 2.48. The van der Waals surface area contributed by atoms with E-state index in [9.17, 15) is 0 Å². The van der Waals surface area contributed by atoms with Gasteiger partial charge in [0.1, 0.15) is 0 Å². The summed E-state index contributed by atoms with van der Waals surface area (Å²) in [6.07, 6.45) is 16.3. The summed E-state index contributed by atoms with van der Waals surface area (Å²) in [5.74, 6) is 0. The van der Waals surface area contributed by atoms with Gasteiger partial charge in [0.05, 0.1) is 0 Å². The Labute approximate surface area is 107 Å². The summed E-state index contributed by atoms with van der Waals surface area (Å²) in [4.78, 5) is 0. The van der Waals surface area contributed by atoms with E-state index in [0.29, 0.717) is 0 Å². The van der Waals surface area contributed by atoms with Crippen molar-refractivity contribution in [3.63, 3.8) is 0 Å². The Morgan fingerprint density at radius 1 is 1.00 bits per heavy atom. The van der Waals surface area contributed by atoms with Crippen LogP contribution in [0, 0.1) is 10.8 Å². The third-order valence-corrected chi connectivity index (χ3v) is 5.98. The van der Waals surface area contributed by atoms with Crippen molar-refractivity contribution in [1.29, 1.82) is 0 Å². The van der Waals surface area contributed by atoms with Crippen molar-refractivity contribution in [2.75, 3.05) is 6.54 Å². The molecule has 0 aromatic carbocycles. The maximum atomic E-state index is 3.97. The average Bonchev–Trinajstić information content (AvgIpc) is 3.10. The molecule has 0 aromatic rings. The minimum Gasteiger partial charge on any atom is -0.313 e. The Balaban J connectivity index is 1.49. The first-order valence-corrected chi connectivity index (χ1v) is 8.02. The van der Waals surface area contributed by atoms with Crippen LogP contribution < -0.4 is 5.32 Å². The number of nitrogens with one attached hydrogen (secondary N) is 1. The molecule has 3 aliphatic rings. The van der Waals surface area contributed by atoms with Crippen molar-refractivity contribution in [3.05, 3.63) is 0 Å². The zero-order valence-corrected chi connectivity index (χ0v) is 11.6. The van der Waals surface area contributed by atoms with Gasteiger partial charge < -0.3 is 5.32 Å². The van der Waals surface area contributed by atoms with Crippen molar-refractivity contribution in [3.8, 4) is 0 Å². The number of rotatable bonds is 5. The standard InChI is InChI=1S/C16H29N/c1-2-7-15(11-12-15)13-17-14-6-10-16(14)8-4-3-5-9-16/h14,17H,2-13H2,1H3. The molecular formula is C16H29N. The molecule has 3 fully saturated rings. The lowest BCUT2D eigenvalue weighted by atomic mass is 9.57. The predicted octanol–water partition coefficient (Wildman–Crippen LogP) is 4.27. The molecule has 0 heterocycles. The number of hydrogen-bond donors (Lipinski definition) is 1. The van der Waals surface area contributed by atoms with E-state index in [-0.39, 0.29) is 0 Å². The lowest BCUT2D eigenvalue weighted by molar-refractivity contribution is 0.0200. The molecule has 17 heavy (non-hydrogen) atoms. The van der Waals surface area contributed by atoms with Crippen molar-refractivity contribution >= 4 is 0 Å². The molecule has 1 atom stereocenters. The zero-order chi connectivity index (χ0) is 11.8. The van der Waals surface area contributed by atoms with Crippen LogP contribution in [-0.2, 0) is 0 Å². The van der Waals surface area contributed by atoms with E-state index < -0.39 is 0 Å². The summed E-state index contributed by atoms with van der Waals surface area (Å²) in [5, 5.41) is 3.97. The summed E-state index contributed by atoms with van der Waals surface area (Å²) in [6, 6.07) is 0.886. The Morgan fingerprint density at radius 3 is 2.29 bits per heavy atom. The van der Waals surface area contributed by atoms with E-state index >= 15 is 0 Å². The highest BCUT2D eigenvalue weighted by atomic mass is 15.0. The van der Waals surface area contributed by atoms with Gasteiger partial charge >= 0.3 is 0 Å². The van der Waals surface area contributed by atoms with Crippen molar-refractivity contribution in [2.24, 2.45) is 10.8 Å². The maximum Gasteiger partial charge on any atom is 0.0124 e. The molecule has 0 amide bonds. The van der Waals surface area contributed by atoms with Crippen LogP contribution in [0.3, 0.4) is 0 Å². The average molecular weight is 235 g/mol. The van der Waals surface area contributed by atoms with Crippen LogP contribution >= 0.6 is 0 Å². The van der Waals surface area contributed by atoms with E-state index in [2.05, 4.69) is 12.2 Å². The van der Waals surface area contributed by atoms with Crippen LogP contribution in [0.25, 0.3) is 0 Å². The second-order valence-electron chi connectivity index (χ2n) is 7.15. The van der Waals surface area contributed by atoms with Gasteiger partial charge in [-0.2, -0.15) is 0 Å². The van der Waals surface area contributed by atoms with Crippen LogP contribution in [0.1, 0.15) is 77.6 Å². The van der Waals surface area contributed by atoms with E-state index in [4.69, 9.17) is 0 Å². The largest absolute Gasteiger partial charge is 0.313 e. The summed E-state index contributed by atoms with van der Waals surface area (Å²) < 4.78 is 0. The first-order chi connectivity index (χ1) is 8.29. The van der Waals surface area contributed by atoms with E-state index in [0.717, 1.165) is 16.9 Å². The van der Waals surface area contributed by atoms with Crippen LogP contribution in [-0.4, -0.2) is 12.6 Å². The molecule has 1 N–H and O–H groups in total. The van der Waals surface area contributed by atoms with Crippen molar-refractivity contribution in [1.82, 2.24) is 5.32 Å². The SMILES string of the molecule is CCCC1(CNC2CCC23CCCCC3)CC1. The van der Waals surface area contributed by atoms with E-state index in [1.165, 1.54) is 77.2 Å². The fourth-order valence-electron chi connectivity index (χ4n) is 4.43. The smallest absolute Gasteiger partial charge is 0.0124 e. The van der Waals surface area contributed by atoms with Crippen LogP contribution in [0.2, 0.25) is 0 Å².